The summed E-state index contributed by atoms with van der Waals surface area (Å²) in [6, 6.07) is 12.3. The van der Waals surface area contributed by atoms with Gasteiger partial charge in [0.05, 0.1) is 22.9 Å². The van der Waals surface area contributed by atoms with Crippen molar-refractivity contribution in [2.45, 2.75) is 51.6 Å². The van der Waals surface area contributed by atoms with E-state index in [2.05, 4.69) is 5.32 Å². The van der Waals surface area contributed by atoms with Crippen LogP contribution in [-0.2, 0) is 21.9 Å². The molecule has 5 nitrogen and oxygen atoms in total. The van der Waals surface area contributed by atoms with E-state index in [1.54, 1.807) is 31.1 Å². The monoisotopic (exact) mass is 496 g/mol. The lowest BCUT2D eigenvalue weighted by atomic mass is 10.1. The first-order valence-corrected chi connectivity index (χ1v) is 12.2. The van der Waals surface area contributed by atoms with Gasteiger partial charge in [0.25, 0.3) is 0 Å². The predicted molar refractivity (Wildman–Crippen MR) is 134 cm³/mol. The molecule has 0 fully saturated rings. The minimum atomic E-state index is -0.641. The summed E-state index contributed by atoms with van der Waals surface area (Å²) in [5.74, 6) is 1.40. The number of hydrogen-bond acceptors (Lipinski definition) is 4. The van der Waals surface area contributed by atoms with Crippen LogP contribution in [0.3, 0.4) is 0 Å². The molecule has 1 atom stereocenters. The van der Waals surface area contributed by atoms with Crippen molar-refractivity contribution in [3.63, 3.8) is 0 Å². The Kier molecular flexibility index (Phi) is 9.74. The van der Waals surface area contributed by atoms with Crippen LogP contribution in [0, 0.1) is 0 Å². The topological polar surface area (TPSA) is 58.6 Å². The van der Waals surface area contributed by atoms with E-state index in [-0.39, 0.29) is 24.1 Å². The number of nitrogens with zero attached hydrogens (tertiary/aromatic N) is 1. The van der Waals surface area contributed by atoms with Crippen LogP contribution in [0.4, 0.5) is 0 Å². The lowest BCUT2D eigenvalue weighted by Gasteiger charge is -2.31. The molecule has 0 aliphatic carbocycles. The van der Waals surface area contributed by atoms with Crippen molar-refractivity contribution in [3.05, 3.63) is 63.6 Å². The average molecular weight is 497 g/mol. The molecule has 0 unspecified atom stereocenters. The first-order valence-electron chi connectivity index (χ1n) is 10.3. The molecule has 0 spiro atoms. The first kappa shape index (κ1) is 26.4. The molecule has 0 radical (unpaired) electrons. The second kappa shape index (κ2) is 11.8. The zero-order valence-electron chi connectivity index (χ0n) is 19.1. The van der Waals surface area contributed by atoms with Crippen LogP contribution in [0.1, 0.15) is 38.8 Å². The summed E-state index contributed by atoms with van der Waals surface area (Å²) in [7, 11) is 1.63. The molecule has 8 heteroatoms. The van der Waals surface area contributed by atoms with Gasteiger partial charge < -0.3 is 15.0 Å². The molecule has 2 aromatic rings. The van der Waals surface area contributed by atoms with E-state index < -0.39 is 11.6 Å². The molecular formula is C24H30Cl2N2O3S. The fourth-order valence-electron chi connectivity index (χ4n) is 2.95. The van der Waals surface area contributed by atoms with E-state index >= 15 is 0 Å². The maximum absolute atomic E-state index is 13.1. The van der Waals surface area contributed by atoms with E-state index in [4.69, 9.17) is 27.9 Å². The molecule has 174 valence electrons. The van der Waals surface area contributed by atoms with Crippen molar-refractivity contribution in [1.82, 2.24) is 10.2 Å². The molecule has 32 heavy (non-hydrogen) atoms. The van der Waals surface area contributed by atoms with Gasteiger partial charge in [-0.15, -0.1) is 11.8 Å². The lowest BCUT2D eigenvalue weighted by molar-refractivity contribution is -0.139. The zero-order chi connectivity index (χ0) is 23.9. The number of thioether (sulfide) groups is 1. The molecule has 0 aliphatic heterocycles. The maximum atomic E-state index is 13.1. The largest absolute Gasteiger partial charge is 0.497 e. The molecule has 0 aliphatic rings. The highest BCUT2D eigenvalue weighted by Crippen LogP contribution is 2.24. The third kappa shape index (κ3) is 8.23. The minimum absolute atomic E-state index is 0.119. The van der Waals surface area contributed by atoms with Crippen LogP contribution in [0.2, 0.25) is 10.0 Å². The van der Waals surface area contributed by atoms with Crippen molar-refractivity contribution >= 4 is 46.8 Å². The van der Waals surface area contributed by atoms with E-state index in [0.29, 0.717) is 15.8 Å². The summed E-state index contributed by atoms with van der Waals surface area (Å²) >= 11 is 13.7. The average Bonchev–Trinajstić information content (AvgIpc) is 2.73. The van der Waals surface area contributed by atoms with Gasteiger partial charge in [0.1, 0.15) is 11.8 Å². The van der Waals surface area contributed by atoms with E-state index in [9.17, 15) is 9.59 Å². The van der Waals surface area contributed by atoms with Gasteiger partial charge in [0, 0.05) is 17.8 Å². The molecular weight excluding hydrogens is 467 g/mol. The number of nitrogens with one attached hydrogen (secondary N) is 1. The molecule has 0 bridgehead atoms. The van der Waals surface area contributed by atoms with Gasteiger partial charge in [-0.05, 0) is 63.1 Å². The van der Waals surface area contributed by atoms with Crippen molar-refractivity contribution in [1.29, 1.82) is 0 Å². The van der Waals surface area contributed by atoms with Crippen molar-refractivity contribution < 1.29 is 14.3 Å². The number of carbonyl (C=O) groups is 2. The molecule has 0 heterocycles. The Morgan fingerprint density at radius 1 is 1.06 bits per heavy atom. The normalized spacial score (nSPS) is 12.2. The number of rotatable bonds is 9. The van der Waals surface area contributed by atoms with Crippen LogP contribution in [-0.4, -0.2) is 41.2 Å². The Morgan fingerprint density at radius 3 is 2.25 bits per heavy atom. The number of carbonyl (C=O) groups excluding carboxylic acids is 2. The van der Waals surface area contributed by atoms with Crippen molar-refractivity contribution in [3.8, 4) is 5.75 Å². The fourth-order valence-corrected chi connectivity index (χ4v) is 4.14. The van der Waals surface area contributed by atoms with Crippen LogP contribution in [0.15, 0.2) is 42.5 Å². The summed E-state index contributed by atoms with van der Waals surface area (Å²) in [6.45, 7) is 7.73. The van der Waals surface area contributed by atoms with Gasteiger partial charge in [-0.2, -0.15) is 0 Å². The highest BCUT2D eigenvalue weighted by atomic mass is 35.5. The van der Waals surface area contributed by atoms with Crippen LogP contribution >= 0.6 is 35.0 Å². The molecule has 0 aromatic heterocycles. The van der Waals surface area contributed by atoms with Crippen LogP contribution in [0.5, 0.6) is 5.75 Å². The Labute approximate surface area is 204 Å². The predicted octanol–water partition coefficient (Wildman–Crippen LogP) is 5.57. The van der Waals surface area contributed by atoms with Gasteiger partial charge in [-0.1, -0.05) is 41.4 Å². The van der Waals surface area contributed by atoms with Gasteiger partial charge >= 0.3 is 0 Å². The quantitative estimate of drug-likeness (QED) is 0.492. The molecule has 2 rings (SSSR count). The number of halogens is 2. The second-order valence-electron chi connectivity index (χ2n) is 8.53. The molecule has 0 saturated carbocycles. The zero-order valence-corrected chi connectivity index (χ0v) is 21.4. The Bertz CT molecular complexity index is 930. The number of benzene rings is 2. The first-order chi connectivity index (χ1) is 15.0. The van der Waals surface area contributed by atoms with Crippen LogP contribution < -0.4 is 10.1 Å². The van der Waals surface area contributed by atoms with Crippen molar-refractivity contribution in [2.75, 3.05) is 12.9 Å². The summed E-state index contributed by atoms with van der Waals surface area (Å²) < 4.78 is 5.18. The SMILES string of the molecule is COc1ccc(CSCC(=O)N(Cc2ccc(Cl)c(Cl)c2)[C@@H](C)C(=O)NC(C)(C)C)cc1. The van der Waals surface area contributed by atoms with Gasteiger partial charge in [-0.3, -0.25) is 9.59 Å². The molecule has 0 saturated heterocycles. The smallest absolute Gasteiger partial charge is 0.242 e. The lowest BCUT2D eigenvalue weighted by Crippen LogP contribution is -2.52. The number of ether oxygens (including phenoxy) is 1. The maximum Gasteiger partial charge on any atom is 0.242 e. The van der Waals surface area contributed by atoms with Gasteiger partial charge in [0.2, 0.25) is 11.8 Å². The second-order valence-corrected chi connectivity index (χ2v) is 10.3. The van der Waals surface area contributed by atoms with E-state index in [1.165, 1.54) is 11.8 Å². The van der Waals surface area contributed by atoms with Crippen LogP contribution in [0.25, 0.3) is 0 Å². The molecule has 2 amide bonds. The number of amides is 2. The van der Waals surface area contributed by atoms with Crippen molar-refractivity contribution in [2.24, 2.45) is 0 Å². The number of hydrogen-bond donors (Lipinski definition) is 1. The van der Waals surface area contributed by atoms with Gasteiger partial charge in [-0.25, -0.2) is 0 Å². The number of methoxy groups -OCH3 is 1. The third-order valence-corrected chi connectivity index (χ3v) is 6.38. The van der Waals surface area contributed by atoms with Gasteiger partial charge in [0.15, 0.2) is 0 Å². The van der Waals surface area contributed by atoms with E-state index in [1.807, 2.05) is 51.1 Å². The Hall–Kier alpha value is -1.89. The summed E-state index contributed by atoms with van der Waals surface area (Å²) in [5, 5.41) is 3.81. The Morgan fingerprint density at radius 2 is 1.69 bits per heavy atom. The van der Waals surface area contributed by atoms with E-state index in [0.717, 1.165) is 16.9 Å². The molecule has 1 N–H and O–H groups in total. The summed E-state index contributed by atoms with van der Waals surface area (Å²) in [5.41, 5.74) is 1.51. The summed E-state index contributed by atoms with van der Waals surface area (Å²) in [4.78, 5) is 27.5. The minimum Gasteiger partial charge on any atom is -0.497 e. The third-order valence-electron chi connectivity index (χ3n) is 4.66. The standard InChI is InChI=1S/C24H30Cl2N2O3S/c1-16(23(30)27-24(2,3)4)28(13-18-8-11-20(25)21(26)12-18)22(29)15-32-14-17-6-9-19(31-5)10-7-17/h6-12,16H,13-15H2,1-5H3,(H,27,30)/t16-/m0/s1. The molecule has 2 aromatic carbocycles. The Balaban J connectivity index is 2.11. The highest BCUT2D eigenvalue weighted by Gasteiger charge is 2.28. The highest BCUT2D eigenvalue weighted by molar-refractivity contribution is 7.99. The summed E-state index contributed by atoms with van der Waals surface area (Å²) in [6.07, 6.45) is 0. The fraction of sp³-hybridized carbons (Fsp3) is 0.417.